The maximum atomic E-state index is 11.0. The van der Waals surface area contributed by atoms with Crippen LogP contribution in [0, 0.1) is 0 Å². The minimum Gasteiger partial charge on any atom is -0.549 e. The Kier molecular flexibility index (Phi) is 6.92. The molecule has 2 nitrogen and oxygen atoms in total. The Morgan fingerprint density at radius 3 is 2.53 bits per heavy atom. The van der Waals surface area contributed by atoms with Crippen LogP contribution in [0.15, 0.2) is 30.3 Å². The largest absolute Gasteiger partial charge is 0.549 e. The Labute approximate surface area is 117 Å². The second kappa shape index (κ2) is 7.95. The number of benzene rings is 1. The Morgan fingerprint density at radius 2 is 2.00 bits per heavy atom. The standard InChI is InChI=1S/C12H16O2S3/c13-12(14)11(6-10(16)7-15)17-8-9-4-2-1-3-5-9/h1-5,10-11,15-16H,6-8H2,(H,13,14)/p-1. The lowest BCUT2D eigenvalue weighted by molar-refractivity contribution is -0.304. The van der Waals surface area contributed by atoms with Crippen LogP contribution in [0.5, 0.6) is 0 Å². The summed E-state index contributed by atoms with van der Waals surface area (Å²) in [4.78, 5) is 11.0. The van der Waals surface area contributed by atoms with Crippen molar-refractivity contribution in [2.45, 2.75) is 22.7 Å². The summed E-state index contributed by atoms with van der Waals surface area (Å²) in [6, 6.07) is 9.79. The number of thiol groups is 2. The predicted octanol–water partition coefficient (Wildman–Crippen LogP) is 1.66. The number of carboxylic acids is 1. The first-order chi connectivity index (χ1) is 8.13. The zero-order chi connectivity index (χ0) is 12.7. The first-order valence-corrected chi connectivity index (χ1v) is 7.48. The van der Waals surface area contributed by atoms with Gasteiger partial charge in [0, 0.05) is 22.0 Å². The lowest BCUT2D eigenvalue weighted by Crippen LogP contribution is -2.35. The zero-order valence-electron chi connectivity index (χ0n) is 9.28. The molecule has 0 radical (unpaired) electrons. The summed E-state index contributed by atoms with van der Waals surface area (Å²) in [5.41, 5.74) is 1.12. The summed E-state index contributed by atoms with van der Waals surface area (Å²) >= 11 is 9.74. The third-order valence-electron chi connectivity index (χ3n) is 2.25. The fraction of sp³-hybridized carbons (Fsp3) is 0.417. The predicted molar refractivity (Wildman–Crippen MR) is 77.8 cm³/mol. The summed E-state index contributed by atoms with van der Waals surface area (Å²) in [6.45, 7) is 0. The van der Waals surface area contributed by atoms with Crippen LogP contribution < -0.4 is 5.11 Å². The number of hydrogen-bond donors (Lipinski definition) is 2. The monoisotopic (exact) mass is 287 g/mol. The van der Waals surface area contributed by atoms with E-state index in [0.717, 1.165) is 5.56 Å². The van der Waals surface area contributed by atoms with Gasteiger partial charge < -0.3 is 9.90 Å². The molecule has 0 heterocycles. The van der Waals surface area contributed by atoms with Gasteiger partial charge in [0.1, 0.15) is 0 Å². The Morgan fingerprint density at radius 1 is 1.35 bits per heavy atom. The van der Waals surface area contributed by atoms with Crippen molar-refractivity contribution in [3.8, 4) is 0 Å². The highest BCUT2D eigenvalue weighted by Gasteiger charge is 2.14. The molecule has 17 heavy (non-hydrogen) atoms. The van der Waals surface area contributed by atoms with Crippen molar-refractivity contribution in [3.63, 3.8) is 0 Å². The number of carboxylic acid groups (broad SMARTS) is 1. The minimum atomic E-state index is -1.02. The first-order valence-electron chi connectivity index (χ1n) is 5.28. The fourth-order valence-corrected chi connectivity index (χ4v) is 2.92. The van der Waals surface area contributed by atoms with E-state index < -0.39 is 11.2 Å². The highest BCUT2D eigenvalue weighted by atomic mass is 32.2. The van der Waals surface area contributed by atoms with Gasteiger partial charge in [-0.05, 0) is 12.0 Å². The van der Waals surface area contributed by atoms with Crippen molar-refractivity contribution >= 4 is 43.0 Å². The van der Waals surface area contributed by atoms with E-state index in [2.05, 4.69) is 25.3 Å². The topological polar surface area (TPSA) is 40.1 Å². The van der Waals surface area contributed by atoms with Gasteiger partial charge in [-0.25, -0.2) is 0 Å². The molecule has 1 rings (SSSR count). The van der Waals surface area contributed by atoms with Crippen LogP contribution >= 0.6 is 37.0 Å². The molecule has 94 valence electrons. The van der Waals surface area contributed by atoms with Gasteiger partial charge in [-0.1, -0.05) is 30.3 Å². The second-order valence-corrected chi connectivity index (χ2v) is 5.96. The third kappa shape index (κ3) is 5.75. The second-order valence-electron chi connectivity index (χ2n) is 3.68. The average molecular weight is 287 g/mol. The van der Waals surface area contributed by atoms with E-state index in [-0.39, 0.29) is 5.25 Å². The number of hydrogen-bond acceptors (Lipinski definition) is 5. The molecule has 0 saturated carbocycles. The van der Waals surface area contributed by atoms with E-state index in [0.29, 0.717) is 17.9 Å². The number of rotatable bonds is 7. The summed E-state index contributed by atoms with van der Waals surface area (Å²) in [5.74, 6) is 0.220. The van der Waals surface area contributed by atoms with Gasteiger partial charge in [0.25, 0.3) is 0 Å². The van der Waals surface area contributed by atoms with Gasteiger partial charge in [-0.15, -0.1) is 11.8 Å². The Bertz CT molecular complexity index is 343. The number of carbonyl (C=O) groups excluding carboxylic acids is 1. The summed E-state index contributed by atoms with van der Waals surface area (Å²) in [6.07, 6.45) is 0.479. The smallest absolute Gasteiger partial charge is 0.0545 e. The van der Waals surface area contributed by atoms with Crippen LogP contribution in [0.25, 0.3) is 0 Å². The molecule has 2 unspecified atom stereocenters. The van der Waals surface area contributed by atoms with Crippen molar-refractivity contribution in [2.75, 3.05) is 5.75 Å². The molecular formula is C12H15O2S3-. The van der Waals surface area contributed by atoms with Gasteiger partial charge in [-0.3, -0.25) is 0 Å². The van der Waals surface area contributed by atoms with E-state index >= 15 is 0 Å². The molecule has 1 aromatic rings. The summed E-state index contributed by atoms with van der Waals surface area (Å²) in [5, 5.41) is 10.4. The van der Waals surface area contributed by atoms with Crippen LogP contribution in [0.2, 0.25) is 0 Å². The minimum absolute atomic E-state index is 0.00972. The van der Waals surface area contributed by atoms with Crippen LogP contribution in [-0.2, 0) is 10.5 Å². The first kappa shape index (κ1) is 14.8. The number of aliphatic carboxylic acids is 1. The number of thioether (sulfide) groups is 1. The van der Waals surface area contributed by atoms with Crippen LogP contribution in [0.1, 0.15) is 12.0 Å². The van der Waals surface area contributed by atoms with Crippen LogP contribution in [0.4, 0.5) is 0 Å². The Hall–Kier alpha value is -0.260. The molecular weight excluding hydrogens is 272 g/mol. The highest BCUT2D eigenvalue weighted by Crippen LogP contribution is 2.23. The highest BCUT2D eigenvalue weighted by molar-refractivity contribution is 7.99. The van der Waals surface area contributed by atoms with E-state index in [1.807, 2.05) is 30.3 Å². The van der Waals surface area contributed by atoms with Gasteiger partial charge in [-0.2, -0.15) is 25.3 Å². The van der Waals surface area contributed by atoms with Crippen molar-refractivity contribution in [1.29, 1.82) is 0 Å². The molecule has 0 fully saturated rings. The number of carbonyl (C=O) groups is 1. The van der Waals surface area contributed by atoms with E-state index in [9.17, 15) is 9.90 Å². The molecule has 0 aliphatic heterocycles. The summed E-state index contributed by atoms with van der Waals surface area (Å²) < 4.78 is 0. The molecule has 0 bridgehead atoms. The molecule has 0 aliphatic carbocycles. The summed E-state index contributed by atoms with van der Waals surface area (Å²) in [7, 11) is 0. The van der Waals surface area contributed by atoms with E-state index in [1.165, 1.54) is 11.8 Å². The van der Waals surface area contributed by atoms with Gasteiger partial charge in [0.05, 0.1) is 5.97 Å². The average Bonchev–Trinajstić information content (AvgIpc) is 2.35. The lowest BCUT2D eigenvalue weighted by atomic mass is 10.2. The molecule has 0 aromatic heterocycles. The van der Waals surface area contributed by atoms with Crippen LogP contribution in [0.3, 0.4) is 0 Å². The molecule has 1 aromatic carbocycles. The van der Waals surface area contributed by atoms with E-state index in [1.54, 1.807) is 0 Å². The molecule has 0 spiro atoms. The zero-order valence-corrected chi connectivity index (χ0v) is 11.9. The van der Waals surface area contributed by atoms with E-state index in [4.69, 9.17) is 0 Å². The molecule has 0 amide bonds. The molecule has 5 heteroatoms. The third-order valence-corrected chi connectivity index (χ3v) is 4.66. The molecule has 0 N–H and O–H groups in total. The van der Waals surface area contributed by atoms with Gasteiger partial charge >= 0.3 is 0 Å². The molecule has 2 atom stereocenters. The maximum Gasteiger partial charge on any atom is 0.0545 e. The van der Waals surface area contributed by atoms with Crippen molar-refractivity contribution < 1.29 is 9.90 Å². The lowest BCUT2D eigenvalue weighted by Gasteiger charge is -2.20. The van der Waals surface area contributed by atoms with Crippen LogP contribution in [-0.4, -0.2) is 22.2 Å². The van der Waals surface area contributed by atoms with Crippen molar-refractivity contribution in [1.82, 2.24) is 0 Å². The van der Waals surface area contributed by atoms with Crippen molar-refractivity contribution in [2.24, 2.45) is 0 Å². The fourth-order valence-electron chi connectivity index (χ4n) is 1.33. The maximum absolute atomic E-state index is 11.0. The molecule has 0 aliphatic rings. The van der Waals surface area contributed by atoms with Gasteiger partial charge in [0.2, 0.25) is 0 Å². The Balaban J connectivity index is 2.47. The van der Waals surface area contributed by atoms with Gasteiger partial charge in [0.15, 0.2) is 0 Å². The normalized spacial score (nSPS) is 14.2. The molecule has 0 saturated heterocycles. The van der Waals surface area contributed by atoms with Crippen molar-refractivity contribution in [3.05, 3.63) is 35.9 Å². The SMILES string of the molecule is O=C([O-])C(CC(S)CS)SCc1ccccc1. The quantitative estimate of drug-likeness (QED) is 0.749.